The van der Waals surface area contributed by atoms with E-state index in [1.807, 2.05) is 26.0 Å². The van der Waals surface area contributed by atoms with E-state index in [2.05, 4.69) is 26.2 Å². The lowest BCUT2D eigenvalue weighted by Crippen LogP contribution is -2.14. The molecule has 98 valence electrons. The Morgan fingerprint density at radius 1 is 1.26 bits per heavy atom. The number of carbonyl (C=O) groups excluding carboxylic acids is 1. The van der Waals surface area contributed by atoms with E-state index in [-0.39, 0.29) is 5.91 Å². The van der Waals surface area contributed by atoms with Gasteiger partial charge in [-0.05, 0) is 49.2 Å². The van der Waals surface area contributed by atoms with Gasteiger partial charge in [-0.2, -0.15) is 0 Å². The number of anilines is 1. The summed E-state index contributed by atoms with van der Waals surface area (Å²) in [6, 6.07) is 7.16. The number of nitrogens with one attached hydrogen (secondary N) is 1. The number of aryl methyl sites for hydroxylation is 2. The zero-order valence-corrected chi connectivity index (χ0v) is 12.8. The smallest absolute Gasteiger partial charge is 0.257 e. The minimum absolute atomic E-state index is 0.197. The number of hydrogen-bond donors (Lipinski definition) is 1. The molecule has 3 nitrogen and oxygen atoms in total. The fraction of sp³-hybridized carbons (Fsp3) is 0.143. The Hall–Kier alpha value is -1.39. The molecule has 1 aromatic carbocycles. The van der Waals surface area contributed by atoms with Crippen molar-refractivity contribution in [2.24, 2.45) is 0 Å². The molecule has 1 aromatic heterocycles. The van der Waals surface area contributed by atoms with E-state index in [4.69, 9.17) is 11.6 Å². The van der Waals surface area contributed by atoms with Crippen molar-refractivity contribution in [1.82, 2.24) is 4.98 Å². The molecule has 0 aliphatic heterocycles. The molecule has 19 heavy (non-hydrogen) atoms. The Morgan fingerprint density at radius 2 is 1.89 bits per heavy atom. The maximum atomic E-state index is 12.1. The topological polar surface area (TPSA) is 42.0 Å². The van der Waals surface area contributed by atoms with Crippen molar-refractivity contribution in [3.63, 3.8) is 0 Å². The van der Waals surface area contributed by atoms with Gasteiger partial charge in [-0.3, -0.25) is 4.79 Å². The first-order chi connectivity index (χ1) is 8.97. The largest absolute Gasteiger partial charge is 0.321 e. The van der Waals surface area contributed by atoms with Crippen molar-refractivity contribution < 1.29 is 4.79 Å². The van der Waals surface area contributed by atoms with E-state index in [0.717, 1.165) is 21.3 Å². The standard InChI is InChI=1S/C14H12BrClN2O/c1-8-5-11(15)6-9(2)13(8)18-14(19)10-3-4-12(16)17-7-10/h3-7H,1-2H3,(H,18,19). The van der Waals surface area contributed by atoms with Crippen molar-refractivity contribution in [3.8, 4) is 0 Å². The monoisotopic (exact) mass is 338 g/mol. The highest BCUT2D eigenvalue weighted by atomic mass is 79.9. The Labute approximate surface area is 125 Å². The third kappa shape index (κ3) is 3.33. The van der Waals surface area contributed by atoms with Gasteiger partial charge in [-0.25, -0.2) is 4.98 Å². The summed E-state index contributed by atoms with van der Waals surface area (Å²) in [6.07, 6.45) is 1.46. The molecule has 2 aromatic rings. The number of hydrogen-bond acceptors (Lipinski definition) is 2. The van der Waals surface area contributed by atoms with Gasteiger partial charge >= 0.3 is 0 Å². The van der Waals surface area contributed by atoms with Crippen LogP contribution in [0.15, 0.2) is 34.9 Å². The Balaban J connectivity index is 2.26. The number of amides is 1. The van der Waals surface area contributed by atoms with E-state index < -0.39 is 0 Å². The molecular formula is C14H12BrClN2O. The summed E-state index contributed by atoms with van der Waals surface area (Å²) in [5.74, 6) is -0.197. The second kappa shape index (κ2) is 5.72. The summed E-state index contributed by atoms with van der Waals surface area (Å²) in [7, 11) is 0. The van der Waals surface area contributed by atoms with Crippen LogP contribution in [0.5, 0.6) is 0 Å². The molecule has 5 heteroatoms. The van der Waals surface area contributed by atoms with Crippen LogP contribution in [-0.4, -0.2) is 10.9 Å². The maximum absolute atomic E-state index is 12.1. The molecule has 0 saturated carbocycles. The van der Waals surface area contributed by atoms with Gasteiger partial charge in [0, 0.05) is 16.4 Å². The first kappa shape index (κ1) is 14.0. The first-order valence-electron chi connectivity index (χ1n) is 5.67. The Kier molecular flexibility index (Phi) is 4.22. The van der Waals surface area contributed by atoms with Crippen LogP contribution in [0.1, 0.15) is 21.5 Å². The summed E-state index contributed by atoms with van der Waals surface area (Å²) in [6.45, 7) is 3.90. The first-order valence-corrected chi connectivity index (χ1v) is 6.84. The third-order valence-corrected chi connectivity index (χ3v) is 3.41. The van der Waals surface area contributed by atoms with Gasteiger partial charge in [0.05, 0.1) is 5.56 Å². The van der Waals surface area contributed by atoms with Crippen LogP contribution >= 0.6 is 27.5 Å². The number of halogens is 2. The number of carbonyl (C=O) groups is 1. The molecule has 1 N–H and O–H groups in total. The average Bonchev–Trinajstić information content (AvgIpc) is 2.34. The van der Waals surface area contributed by atoms with Gasteiger partial charge in [-0.1, -0.05) is 27.5 Å². The lowest BCUT2D eigenvalue weighted by molar-refractivity contribution is 0.102. The van der Waals surface area contributed by atoms with E-state index >= 15 is 0 Å². The van der Waals surface area contributed by atoms with E-state index in [1.54, 1.807) is 12.1 Å². The average molecular weight is 340 g/mol. The predicted octanol–water partition coefficient (Wildman–Crippen LogP) is 4.37. The molecule has 0 fully saturated rings. The summed E-state index contributed by atoms with van der Waals surface area (Å²) in [5, 5.41) is 3.27. The highest BCUT2D eigenvalue weighted by Gasteiger charge is 2.10. The highest BCUT2D eigenvalue weighted by Crippen LogP contribution is 2.25. The second-order valence-corrected chi connectivity index (χ2v) is 5.54. The Morgan fingerprint density at radius 3 is 2.42 bits per heavy atom. The quantitative estimate of drug-likeness (QED) is 0.826. The van der Waals surface area contributed by atoms with Crippen molar-refractivity contribution in [1.29, 1.82) is 0 Å². The predicted molar refractivity (Wildman–Crippen MR) is 80.8 cm³/mol. The summed E-state index contributed by atoms with van der Waals surface area (Å²) in [5.41, 5.74) is 3.30. The molecular weight excluding hydrogens is 328 g/mol. The van der Waals surface area contributed by atoms with Crippen LogP contribution in [-0.2, 0) is 0 Å². The molecule has 0 radical (unpaired) electrons. The Bertz CT molecular complexity index is 603. The van der Waals surface area contributed by atoms with E-state index in [1.165, 1.54) is 6.20 Å². The van der Waals surface area contributed by atoms with Crippen LogP contribution in [0.4, 0.5) is 5.69 Å². The van der Waals surface area contributed by atoms with Crippen LogP contribution in [0.3, 0.4) is 0 Å². The lowest BCUT2D eigenvalue weighted by Gasteiger charge is -2.12. The zero-order valence-electron chi connectivity index (χ0n) is 10.5. The van der Waals surface area contributed by atoms with Gasteiger partial charge < -0.3 is 5.32 Å². The second-order valence-electron chi connectivity index (χ2n) is 4.24. The minimum atomic E-state index is -0.197. The lowest BCUT2D eigenvalue weighted by atomic mass is 10.1. The van der Waals surface area contributed by atoms with Gasteiger partial charge in [0.15, 0.2) is 0 Å². The molecule has 1 heterocycles. The molecule has 0 aliphatic rings. The van der Waals surface area contributed by atoms with Crippen LogP contribution < -0.4 is 5.32 Å². The van der Waals surface area contributed by atoms with Crippen molar-refractivity contribution in [3.05, 3.63) is 56.8 Å². The maximum Gasteiger partial charge on any atom is 0.257 e. The fourth-order valence-electron chi connectivity index (χ4n) is 1.80. The van der Waals surface area contributed by atoms with Gasteiger partial charge in [0.1, 0.15) is 5.15 Å². The molecule has 2 rings (SSSR count). The molecule has 0 saturated heterocycles. The zero-order chi connectivity index (χ0) is 14.0. The molecule has 0 bridgehead atoms. The number of rotatable bonds is 2. The fourth-order valence-corrected chi connectivity index (χ4v) is 2.60. The normalized spacial score (nSPS) is 10.3. The number of aromatic nitrogens is 1. The third-order valence-electron chi connectivity index (χ3n) is 2.73. The number of pyridine rings is 1. The van der Waals surface area contributed by atoms with Crippen LogP contribution in [0, 0.1) is 13.8 Å². The summed E-state index contributed by atoms with van der Waals surface area (Å²) < 4.78 is 0.994. The summed E-state index contributed by atoms with van der Waals surface area (Å²) in [4.78, 5) is 16.0. The van der Waals surface area contributed by atoms with E-state index in [0.29, 0.717) is 10.7 Å². The number of nitrogens with zero attached hydrogens (tertiary/aromatic N) is 1. The van der Waals surface area contributed by atoms with Gasteiger partial charge in [0.2, 0.25) is 0 Å². The van der Waals surface area contributed by atoms with Crippen molar-refractivity contribution in [2.75, 3.05) is 5.32 Å². The van der Waals surface area contributed by atoms with Crippen molar-refractivity contribution >= 4 is 39.1 Å². The minimum Gasteiger partial charge on any atom is -0.321 e. The van der Waals surface area contributed by atoms with Gasteiger partial charge in [0.25, 0.3) is 5.91 Å². The molecule has 1 amide bonds. The molecule has 0 spiro atoms. The van der Waals surface area contributed by atoms with E-state index in [9.17, 15) is 4.79 Å². The SMILES string of the molecule is Cc1cc(Br)cc(C)c1NC(=O)c1ccc(Cl)nc1. The molecule has 0 unspecified atom stereocenters. The summed E-state index contributed by atoms with van der Waals surface area (Å²) >= 11 is 9.13. The molecule has 0 atom stereocenters. The van der Waals surface area contributed by atoms with Crippen LogP contribution in [0.2, 0.25) is 5.15 Å². The number of benzene rings is 1. The van der Waals surface area contributed by atoms with Crippen molar-refractivity contribution in [2.45, 2.75) is 13.8 Å². The van der Waals surface area contributed by atoms with Gasteiger partial charge in [-0.15, -0.1) is 0 Å². The highest BCUT2D eigenvalue weighted by molar-refractivity contribution is 9.10. The molecule has 0 aliphatic carbocycles. The van der Waals surface area contributed by atoms with Crippen LogP contribution in [0.25, 0.3) is 0 Å².